The molecule has 3 aromatic heterocycles. The molecule has 0 aliphatic rings. The van der Waals surface area contributed by atoms with E-state index in [1.54, 1.807) is 31.3 Å². The second-order valence-corrected chi connectivity index (χ2v) is 4.37. The van der Waals surface area contributed by atoms with Crippen LogP contribution in [0.3, 0.4) is 0 Å². The fourth-order valence-electron chi connectivity index (χ4n) is 2.02. The molecule has 0 aliphatic carbocycles. The van der Waals surface area contributed by atoms with Crippen molar-refractivity contribution in [2.75, 3.05) is 0 Å². The second kappa shape index (κ2) is 4.37. The first-order valence-corrected chi connectivity index (χ1v) is 6.00. The van der Waals surface area contributed by atoms with Crippen molar-refractivity contribution in [1.82, 2.24) is 24.4 Å². The molecule has 3 aromatic rings. The van der Waals surface area contributed by atoms with Crippen molar-refractivity contribution in [3.63, 3.8) is 0 Å². The van der Waals surface area contributed by atoms with E-state index in [2.05, 4.69) is 15.3 Å². The summed E-state index contributed by atoms with van der Waals surface area (Å²) < 4.78 is 2.83. The van der Waals surface area contributed by atoms with E-state index in [4.69, 9.17) is 0 Å². The molecule has 0 atom stereocenters. The molecular weight excluding hydrogens is 258 g/mol. The lowest BCUT2D eigenvalue weighted by atomic mass is 10.2. The predicted molar refractivity (Wildman–Crippen MR) is 71.1 cm³/mol. The van der Waals surface area contributed by atoms with Crippen molar-refractivity contribution in [3.05, 3.63) is 52.2 Å². The topological polar surface area (TPSA) is 82.1 Å². The van der Waals surface area contributed by atoms with Gasteiger partial charge in [0.05, 0.1) is 5.69 Å². The minimum atomic E-state index is -0.218. The Morgan fingerprint density at radius 3 is 2.80 bits per heavy atom. The fraction of sp³-hybridized carbons (Fsp3) is 0.154. The van der Waals surface area contributed by atoms with Gasteiger partial charge in [-0.1, -0.05) is 11.3 Å². The molecule has 0 saturated carbocycles. The number of aromatic nitrogens is 5. The van der Waals surface area contributed by atoms with Gasteiger partial charge in [-0.3, -0.25) is 14.0 Å². The van der Waals surface area contributed by atoms with E-state index in [1.165, 1.54) is 22.1 Å². The first-order valence-electron chi connectivity index (χ1n) is 6.00. The molecule has 0 bridgehead atoms. The highest BCUT2D eigenvalue weighted by molar-refractivity contribution is 5.93. The maximum atomic E-state index is 12.0. The lowest BCUT2D eigenvalue weighted by Gasteiger charge is -2.04. The Morgan fingerprint density at radius 2 is 2.10 bits per heavy atom. The molecule has 0 aliphatic heterocycles. The molecule has 100 valence electrons. The van der Waals surface area contributed by atoms with Gasteiger partial charge >= 0.3 is 0 Å². The van der Waals surface area contributed by atoms with Gasteiger partial charge < -0.3 is 0 Å². The molecule has 0 amide bonds. The van der Waals surface area contributed by atoms with E-state index in [1.807, 2.05) is 0 Å². The number of carbonyl (C=O) groups is 1. The highest BCUT2D eigenvalue weighted by Gasteiger charge is 2.15. The molecule has 7 heteroatoms. The van der Waals surface area contributed by atoms with E-state index in [0.717, 1.165) is 0 Å². The molecule has 0 fully saturated rings. The number of nitrogens with zero attached hydrogens (tertiary/aromatic N) is 5. The number of fused-ring (bicyclic) bond motifs is 1. The average Bonchev–Trinajstić information content (AvgIpc) is 2.80. The van der Waals surface area contributed by atoms with Crippen LogP contribution in [-0.4, -0.2) is 30.2 Å². The Labute approximate surface area is 113 Å². The number of hydrogen-bond acceptors (Lipinski definition) is 5. The highest BCUT2D eigenvalue weighted by Crippen LogP contribution is 2.10. The Hall–Kier alpha value is -2.83. The minimum Gasteiger partial charge on any atom is -0.293 e. The Morgan fingerprint density at radius 1 is 1.30 bits per heavy atom. The summed E-state index contributed by atoms with van der Waals surface area (Å²) in [7, 11) is 0. The zero-order valence-electron chi connectivity index (χ0n) is 10.9. The zero-order chi connectivity index (χ0) is 14.3. The van der Waals surface area contributed by atoms with Gasteiger partial charge in [-0.15, -0.1) is 5.10 Å². The number of ketones is 1. The van der Waals surface area contributed by atoms with Crippen molar-refractivity contribution in [3.8, 4) is 5.82 Å². The van der Waals surface area contributed by atoms with Crippen LogP contribution in [0.25, 0.3) is 11.5 Å². The number of pyridine rings is 1. The highest BCUT2D eigenvalue weighted by atomic mass is 16.1. The van der Waals surface area contributed by atoms with Gasteiger partial charge in [0.15, 0.2) is 17.3 Å². The molecule has 3 heterocycles. The summed E-state index contributed by atoms with van der Waals surface area (Å²) in [5.74, 6) is 0.171. The fourth-order valence-corrected chi connectivity index (χ4v) is 2.02. The summed E-state index contributed by atoms with van der Waals surface area (Å²) in [6.45, 7) is 3.13. The van der Waals surface area contributed by atoms with E-state index in [-0.39, 0.29) is 17.0 Å². The second-order valence-electron chi connectivity index (χ2n) is 4.37. The van der Waals surface area contributed by atoms with Crippen LogP contribution in [0.2, 0.25) is 0 Å². The first kappa shape index (κ1) is 12.2. The van der Waals surface area contributed by atoms with Crippen LogP contribution in [0, 0.1) is 6.92 Å². The van der Waals surface area contributed by atoms with Crippen molar-refractivity contribution in [2.24, 2.45) is 0 Å². The molecule has 0 radical (unpaired) electrons. The SMILES string of the molecule is CC(=O)c1nnn(-c2cc(=O)n3ccccc3n2)c1C. The Bertz CT molecular complexity index is 878. The summed E-state index contributed by atoms with van der Waals surface area (Å²) in [6.07, 6.45) is 1.64. The molecule has 3 rings (SSSR count). The van der Waals surface area contributed by atoms with Crippen LogP contribution in [0.1, 0.15) is 23.1 Å². The smallest absolute Gasteiger partial charge is 0.260 e. The van der Waals surface area contributed by atoms with Crippen molar-refractivity contribution in [2.45, 2.75) is 13.8 Å². The Kier molecular flexibility index (Phi) is 2.67. The minimum absolute atomic E-state index is 0.175. The van der Waals surface area contributed by atoms with E-state index < -0.39 is 0 Å². The van der Waals surface area contributed by atoms with Gasteiger partial charge in [-0.25, -0.2) is 4.98 Å². The number of rotatable bonds is 2. The third-order valence-corrected chi connectivity index (χ3v) is 3.00. The van der Waals surface area contributed by atoms with Crippen molar-refractivity contribution >= 4 is 11.4 Å². The molecule has 0 spiro atoms. The third kappa shape index (κ3) is 1.80. The lowest BCUT2D eigenvalue weighted by molar-refractivity contribution is 0.101. The average molecular weight is 269 g/mol. The standard InChI is InChI=1S/C13H11N5O2/c1-8-13(9(2)19)15-16-18(8)11-7-12(20)17-6-4-3-5-10(17)14-11/h3-7H,1-2H3. The summed E-state index contributed by atoms with van der Waals surface area (Å²) in [6, 6.07) is 6.63. The van der Waals surface area contributed by atoms with Crippen LogP contribution >= 0.6 is 0 Å². The van der Waals surface area contributed by atoms with E-state index in [9.17, 15) is 9.59 Å². The first-order chi connectivity index (χ1) is 9.58. The van der Waals surface area contributed by atoms with Crippen LogP contribution in [-0.2, 0) is 0 Å². The number of carbonyl (C=O) groups excluding carboxylic acids is 1. The molecule has 0 unspecified atom stereocenters. The van der Waals surface area contributed by atoms with Gasteiger partial charge in [0.1, 0.15) is 5.65 Å². The normalized spacial score (nSPS) is 10.9. The monoisotopic (exact) mass is 269 g/mol. The van der Waals surface area contributed by atoms with Crippen molar-refractivity contribution < 1.29 is 4.79 Å². The molecule has 0 aromatic carbocycles. The van der Waals surface area contributed by atoms with E-state index >= 15 is 0 Å². The van der Waals surface area contributed by atoms with Gasteiger partial charge in [0, 0.05) is 19.2 Å². The third-order valence-electron chi connectivity index (χ3n) is 3.00. The largest absolute Gasteiger partial charge is 0.293 e. The summed E-state index contributed by atoms with van der Waals surface area (Å²) in [4.78, 5) is 27.8. The number of Topliss-reactive ketones (excluding diaryl/α,β-unsaturated/α-hetero) is 1. The molecular formula is C13H11N5O2. The van der Waals surface area contributed by atoms with Crippen LogP contribution in [0.15, 0.2) is 35.3 Å². The lowest BCUT2D eigenvalue weighted by Crippen LogP contribution is -2.17. The van der Waals surface area contributed by atoms with Crippen LogP contribution in [0.5, 0.6) is 0 Å². The van der Waals surface area contributed by atoms with Crippen LogP contribution in [0.4, 0.5) is 0 Å². The zero-order valence-corrected chi connectivity index (χ0v) is 10.9. The maximum Gasteiger partial charge on any atom is 0.260 e. The molecule has 0 N–H and O–H groups in total. The summed E-state index contributed by atoms with van der Waals surface area (Å²) in [5, 5.41) is 7.71. The van der Waals surface area contributed by atoms with Gasteiger partial charge in [-0.2, -0.15) is 4.68 Å². The molecule has 0 saturated heterocycles. The van der Waals surface area contributed by atoms with Gasteiger partial charge in [0.25, 0.3) is 5.56 Å². The summed E-state index contributed by atoms with van der Waals surface area (Å²) >= 11 is 0. The number of hydrogen-bond donors (Lipinski definition) is 0. The van der Waals surface area contributed by atoms with E-state index in [0.29, 0.717) is 17.2 Å². The van der Waals surface area contributed by atoms with Crippen LogP contribution < -0.4 is 5.56 Å². The predicted octanol–water partition coefficient (Wildman–Crippen LogP) is 0.786. The quantitative estimate of drug-likeness (QED) is 0.642. The van der Waals surface area contributed by atoms with Gasteiger partial charge in [0.2, 0.25) is 0 Å². The Balaban J connectivity index is 2.25. The molecule has 20 heavy (non-hydrogen) atoms. The molecule has 7 nitrogen and oxygen atoms in total. The van der Waals surface area contributed by atoms with Gasteiger partial charge in [-0.05, 0) is 19.1 Å². The summed E-state index contributed by atoms with van der Waals surface area (Å²) in [5.41, 5.74) is 1.13. The van der Waals surface area contributed by atoms with Crippen molar-refractivity contribution in [1.29, 1.82) is 0 Å². The maximum absolute atomic E-state index is 12.0.